The first kappa shape index (κ1) is 19.8. The Hall–Kier alpha value is -3.55. The summed E-state index contributed by atoms with van der Waals surface area (Å²) in [5, 5.41) is 5.87. The Kier molecular flexibility index (Phi) is 6.76. The van der Waals surface area contributed by atoms with Crippen molar-refractivity contribution in [2.24, 2.45) is 0 Å². The molecule has 0 aliphatic rings. The molecule has 7 nitrogen and oxygen atoms in total. The van der Waals surface area contributed by atoms with E-state index in [0.717, 1.165) is 7.11 Å². The molecule has 0 saturated carbocycles. The number of imide groups is 1. The standard InChI is InChI=1S/C19H18FN3O4/c1-4-5-6-10-15(20)12(2)18-21-16(23-27-18)13-8-7-9-14(11-13)17(24)22-19(25)26-3/h4-11H,1-3H3,(H,22,24,25)/b5-4-,10-6-,15-12-. The molecule has 27 heavy (non-hydrogen) atoms. The highest BCUT2D eigenvalue weighted by Gasteiger charge is 2.15. The number of carbonyl (C=O) groups excluding carboxylic acids is 2. The van der Waals surface area contributed by atoms with Crippen molar-refractivity contribution in [3.8, 4) is 11.4 Å². The van der Waals surface area contributed by atoms with Crippen molar-refractivity contribution < 1.29 is 23.2 Å². The van der Waals surface area contributed by atoms with E-state index in [2.05, 4.69) is 20.2 Å². The molecule has 0 atom stereocenters. The number of allylic oxidation sites excluding steroid dienone is 6. The number of carbonyl (C=O) groups is 2. The Labute approximate surface area is 155 Å². The monoisotopic (exact) mass is 371 g/mol. The topological polar surface area (TPSA) is 94.3 Å². The molecule has 1 N–H and O–H groups in total. The van der Waals surface area contributed by atoms with Gasteiger partial charge < -0.3 is 9.26 Å². The van der Waals surface area contributed by atoms with E-state index in [-0.39, 0.29) is 22.9 Å². The average Bonchev–Trinajstić information content (AvgIpc) is 3.17. The first-order valence-corrected chi connectivity index (χ1v) is 7.95. The number of ether oxygens (including phenoxy) is 1. The van der Waals surface area contributed by atoms with E-state index in [1.165, 1.54) is 25.1 Å². The van der Waals surface area contributed by atoms with Crippen molar-refractivity contribution in [1.82, 2.24) is 15.5 Å². The van der Waals surface area contributed by atoms with Crippen LogP contribution in [-0.2, 0) is 4.74 Å². The second kappa shape index (κ2) is 9.23. The third-order valence-corrected chi connectivity index (χ3v) is 3.44. The van der Waals surface area contributed by atoms with Crippen LogP contribution in [0.15, 0.2) is 58.9 Å². The summed E-state index contributed by atoms with van der Waals surface area (Å²) in [5.74, 6) is -0.933. The van der Waals surface area contributed by atoms with Crippen LogP contribution in [0.25, 0.3) is 17.0 Å². The largest absolute Gasteiger partial charge is 0.453 e. The maximum Gasteiger partial charge on any atom is 0.413 e. The van der Waals surface area contributed by atoms with Crippen molar-refractivity contribution in [2.45, 2.75) is 13.8 Å². The number of amides is 2. The van der Waals surface area contributed by atoms with Gasteiger partial charge in [0.25, 0.3) is 11.8 Å². The minimum atomic E-state index is -0.866. The van der Waals surface area contributed by atoms with Gasteiger partial charge in [0, 0.05) is 16.7 Å². The van der Waals surface area contributed by atoms with Crippen LogP contribution in [0.4, 0.5) is 9.18 Å². The SMILES string of the molecule is C\C=C/C=C\C(F)=C(/C)c1nc(-c2cccc(C(=O)NC(=O)OC)c2)no1. The Bertz CT molecular complexity index is 929. The molecule has 2 amide bonds. The Balaban J connectivity index is 2.26. The lowest BCUT2D eigenvalue weighted by Crippen LogP contribution is -2.30. The number of alkyl carbamates (subject to hydrolysis) is 1. The molecule has 1 heterocycles. The van der Waals surface area contributed by atoms with Gasteiger partial charge in [-0.2, -0.15) is 4.98 Å². The van der Waals surface area contributed by atoms with Gasteiger partial charge in [-0.05, 0) is 32.1 Å². The van der Waals surface area contributed by atoms with Crippen molar-refractivity contribution in [2.75, 3.05) is 7.11 Å². The predicted octanol–water partition coefficient (Wildman–Crippen LogP) is 4.07. The van der Waals surface area contributed by atoms with Gasteiger partial charge in [-0.1, -0.05) is 35.5 Å². The van der Waals surface area contributed by atoms with Gasteiger partial charge in [-0.3, -0.25) is 10.1 Å². The second-order valence-electron chi connectivity index (χ2n) is 5.31. The summed E-state index contributed by atoms with van der Waals surface area (Å²) < 4.78 is 23.6. The number of nitrogens with one attached hydrogen (secondary N) is 1. The van der Waals surface area contributed by atoms with E-state index in [1.807, 2.05) is 6.92 Å². The third kappa shape index (κ3) is 5.21. The van der Waals surface area contributed by atoms with Crippen LogP contribution >= 0.6 is 0 Å². The lowest BCUT2D eigenvalue weighted by atomic mass is 10.1. The third-order valence-electron chi connectivity index (χ3n) is 3.44. The number of benzene rings is 1. The van der Waals surface area contributed by atoms with E-state index >= 15 is 0 Å². The fourth-order valence-corrected chi connectivity index (χ4v) is 1.99. The zero-order valence-electron chi connectivity index (χ0n) is 15.0. The normalized spacial score (nSPS) is 12.3. The van der Waals surface area contributed by atoms with Crippen molar-refractivity contribution in [3.05, 3.63) is 65.9 Å². The van der Waals surface area contributed by atoms with E-state index in [9.17, 15) is 14.0 Å². The van der Waals surface area contributed by atoms with Crippen LogP contribution in [0.2, 0.25) is 0 Å². The molecule has 0 aliphatic carbocycles. The van der Waals surface area contributed by atoms with Crippen molar-refractivity contribution in [3.63, 3.8) is 0 Å². The maximum absolute atomic E-state index is 14.1. The lowest BCUT2D eigenvalue weighted by Gasteiger charge is -2.03. The number of halogens is 1. The summed E-state index contributed by atoms with van der Waals surface area (Å²) in [7, 11) is 1.16. The predicted molar refractivity (Wildman–Crippen MR) is 97.3 cm³/mol. The molecule has 0 aliphatic heterocycles. The molecular formula is C19H18FN3O4. The molecule has 1 aromatic heterocycles. The molecule has 0 fully saturated rings. The molecule has 1 aromatic carbocycles. The number of methoxy groups -OCH3 is 1. The average molecular weight is 371 g/mol. The van der Waals surface area contributed by atoms with Crippen LogP contribution in [0.5, 0.6) is 0 Å². The molecule has 0 spiro atoms. The Morgan fingerprint density at radius 1 is 1.30 bits per heavy atom. The van der Waals surface area contributed by atoms with Crippen molar-refractivity contribution >= 4 is 17.6 Å². The molecule has 0 saturated heterocycles. The molecule has 0 bridgehead atoms. The molecule has 0 radical (unpaired) electrons. The summed E-state index contributed by atoms with van der Waals surface area (Å²) in [4.78, 5) is 27.3. The van der Waals surface area contributed by atoms with Gasteiger partial charge in [0.2, 0.25) is 5.82 Å². The minimum absolute atomic E-state index is 0.0250. The first-order valence-electron chi connectivity index (χ1n) is 7.95. The van der Waals surface area contributed by atoms with Gasteiger partial charge in [0.1, 0.15) is 5.83 Å². The summed E-state index contributed by atoms with van der Waals surface area (Å²) in [6.45, 7) is 3.34. The number of hydrogen-bond acceptors (Lipinski definition) is 6. The van der Waals surface area contributed by atoms with Crippen molar-refractivity contribution in [1.29, 1.82) is 0 Å². The van der Waals surface area contributed by atoms with Crippen LogP contribution in [0.1, 0.15) is 30.1 Å². The molecule has 140 valence electrons. The molecular weight excluding hydrogens is 353 g/mol. The Morgan fingerprint density at radius 2 is 2.07 bits per heavy atom. The lowest BCUT2D eigenvalue weighted by molar-refractivity contribution is 0.0937. The second-order valence-corrected chi connectivity index (χ2v) is 5.31. The van der Waals surface area contributed by atoms with Gasteiger partial charge >= 0.3 is 6.09 Å². The molecule has 8 heteroatoms. The Morgan fingerprint density at radius 3 is 2.78 bits per heavy atom. The van der Waals surface area contributed by atoms with Gasteiger partial charge in [0.15, 0.2) is 0 Å². The van der Waals surface area contributed by atoms with Crippen LogP contribution in [0, 0.1) is 0 Å². The zero-order chi connectivity index (χ0) is 19.8. The smallest absolute Gasteiger partial charge is 0.413 e. The van der Waals surface area contributed by atoms with E-state index in [1.54, 1.807) is 30.4 Å². The summed E-state index contributed by atoms with van der Waals surface area (Å²) >= 11 is 0. The zero-order valence-corrected chi connectivity index (χ0v) is 15.0. The quantitative estimate of drug-likeness (QED) is 0.797. The highest BCUT2D eigenvalue weighted by atomic mass is 19.1. The van der Waals surface area contributed by atoms with E-state index in [4.69, 9.17) is 4.52 Å². The summed E-state index contributed by atoms with van der Waals surface area (Å²) in [5.41, 5.74) is 0.867. The van der Waals surface area contributed by atoms with Crippen LogP contribution in [0.3, 0.4) is 0 Å². The number of nitrogens with zero attached hydrogens (tertiary/aromatic N) is 2. The van der Waals surface area contributed by atoms with E-state index < -0.39 is 17.8 Å². The van der Waals surface area contributed by atoms with Crippen LogP contribution in [-0.4, -0.2) is 29.3 Å². The highest BCUT2D eigenvalue weighted by molar-refractivity contribution is 6.03. The first-order chi connectivity index (χ1) is 13.0. The van der Waals surface area contributed by atoms with Gasteiger partial charge in [-0.15, -0.1) is 0 Å². The minimum Gasteiger partial charge on any atom is -0.453 e. The number of aromatic nitrogens is 2. The highest BCUT2D eigenvalue weighted by Crippen LogP contribution is 2.23. The maximum atomic E-state index is 14.1. The molecule has 2 aromatic rings. The summed E-state index contributed by atoms with van der Waals surface area (Å²) in [6, 6.07) is 6.25. The van der Waals surface area contributed by atoms with Gasteiger partial charge in [0.05, 0.1) is 7.11 Å². The van der Waals surface area contributed by atoms with Crippen LogP contribution < -0.4 is 5.32 Å². The summed E-state index contributed by atoms with van der Waals surface area (Å²) in [6.07, 6.45) is 5.44. The number of hydrogen-bond donors (Lipinski definition) is 1. The fraction of sp³-hybridized carbons (Fsp3) is 0.158. The molecule has 0 unspecified atom stereocenters. The fourth-order valence-electron chi connectivity index (χ4n) is 1.99. The van der Waals surface area contributed by atoms with E-state index in [0.29, 0.717) is 5.56 Å². The number of rotatable bonds is 5. The van der Waals surface area contributed by atoms with Gasteiger partial charge in [-0.25, -0.2) is 9.18 Å². The molecule has 2 rings (SSSR count).